The lowest BCUT2D eigenvalue weighted by atomic mass is 9.94. The predicted octanol–water partition coefficient (Wildman–Crippen LogP) is 1.04. The lowest BCUT2D eigenvalue weighted by Crippen LogP contribution is -2.14. The van der Waals surface area contributed by atoms with Crippen LogP contribution in [-0.2, 0) is 4.74 Å². The standard InChI is InChI=1S/C11H15NO3/c12-10-5-8(13)1-2-9(10)11(14)7-3-4-15-6-7/h1-2,5,7,11,13-14H,3-4,6,12H2. The molecule has 0 bridgehead atoms. The van der Waals surface area contributed by atoms with Crippen LogP contribution in [0, 0.1) is 5.92 Å². The van der Waals surface area contributed by atoms with Crippen LogP contribution < -0.4 is 5.73 Å². The molecule has 4 nitrogen and oxygen atoms in total. The fourth-order valence-electron chi connectivity index (χ4n) is 1.89. The summed E-state index contributed by atoms with van der Waals surface area (Å²) in [7, 11) is 0. The number of phenols is 1. The molecule has 2 atom stereocenters. The van der Waals surface area contributed by atoms with Gasteiger partial charge in [-0.25, -0.2) is 0 Å². The maximum Gasteiger partial charge on any atom is 0.117 e. The number of phenolic OH excluding ortho intramolecular Hbond substituents is 1. The number of aliphatic hydroxyl groups is 1. The normalized spacial score (nSPS) is 22.9. The van der Waals surface area contributed by atoms with Crippen molar-refractivity contribution in [2.75, 3.05) is 18.9 Å². The van der Waals surface area contributed by atoms with Crippen molar-refractivity contribution in [3.63, 3.8) is 0 Å². The van der Waals surface area contributed by atoms with E-state index in [1.54, 1.807) is 6.07 Å². The van der Waals surface area contributed by atoms with Gasteiger partial charge in [0.2, 0.25) is 0 Å². The first kappa shape index (κ1) is 10.3. The molecule has 0 aliphatic carbocycles. The van der Waals surface area contributed by atoms with Crippen LogP contribution in [0.3, 0.4) is 0 Å². The van der Waals surface area contributed by atoms with E-state index in [9.17, 15) is 10.2 Å². The average molecular weight is 209 g/mol. The van der Waals surface area contributed by atoms with Crippen molar-refractivity contribution in [2.24, 2.45) is 5.92 Å². The summed E-state index contributed by atoms with van der Waals surface area (Å²) in [5, 5.41) is 19.2. The van der Waals surface area contributed by atoms with E-state index in [0.717, 1.165) is 6.42 Å². The summed E-state index contributed by atoms with van der Waals surface area (Å²) in [4.78, 5) is 0. The molecule has 1 fully saturated rings. The van der Waals surface area contributed by atoms with Crippen molar-refractivity contribution < 1.29 is 14.9 Å². The molecule has 2 rings (SSSR count). The van der Waals surface area contributed by atoms with E-state index in [2.05, 4.69) is 0 Å². The highest BCUT2D eigenvalue weighted by atomic mass is 16.5. The van der Waals surface area contributed by atoms with Crippen molar-refractivity contribution in [3.05, 3.63) is 23.8 Å². The van der Waals surface area contributed by atoms with Crippen molar-refractivity contribution in [1.29, 1.82) is 0 Å². The number of nitrogens with two attached hydrogens (primary N) is 1. The molecule has 1 aromatic rings. The number of ether oxygens (including phenoxy) is 1. The van der Waals surface area contributed by atoms with E-state index in [-0.39, 0.29) is 11.7 Å². The van der Waals surface area contributed by atoms with E-state index >= 15 is 0 Å². The summed E-state index contributed by atoms with van der Waals surface area (Å²) in [5.74, 6) is 0.225. The number of aromatic hydroxyl groups is 1. The molecule has 15 heavy (non-hydrogen) atoms. The van der Waals surface area contributed by atoms with E-state index < -0.39 is 6.10 Å². The van der Waals surface area contributed by atoms with E-state index in [0.29, 0.717) is 24.5 Å². The van der Waals surface area contributed by atoms with Gasteiger partial charge < -0.3 is 20.7 Å². The maximum atomic E-state index is 10.1. The minimum Gasteiger partial charge on any atom is -0.508 e. The van der Waals surface area contributed by atoms with Gasteiger partial charge in [-0.1, -0.05) is 6.07 Å². The van der Waals surface area contributed by atoms with Gasteiger partial charge in [0.1, 0.15) is 5.75 Å². The van der Waals surface area contributed by atoms with Crippen LogP contribution in [0.25, 0.3) is 0 Å². The summed E-state index contributed by atoms with van der Waals surface area (Å²) in [6.07, 6.45) is 0.245. The van der Waals surface area contributed by atoms with Gasteiger partial charge >= 0.3 is 0 Å². The van der Waals surface area contributed by atoms with Crippen molar-refractivity contribution in [2.45, 2.75) is 12.5 Å². The Labute approximate surface area is 88.3 Å². The summed E-state index contributed by atoms with van der Waals surface area (Å²) in [6.45, 7) is 1.27. The molecule has 1 aliphatic heterocycles. The largest absolute Gasteiger partial charge is 0.508 e. The molecule has 82 valence electrons. The first-order valence-electron chi connectivity index (χ1n) is 5.02. The molecular weight excluding hydrogens is 194 g/mol. The Morgan fingerprint density at radius 2 is 2.27 bits per heavy atom. The van der Waals surface area contributed by atoms with E-state index in [4.69, 9.17) is 10.5 Å². The topological polar surface area (TPSA) is 75.7 Å². The monoisotopic (exact) mass is 209 g/mol. The third-order valence-corrected chi connectivity index (χ3v) is 2.80. The van der Waals surface area contributed by atoms with Gasteiger partial charge in [0.25, 0.3) is 0 Å². The zero-order valence-corrected chi connectivity index (χ0v) is 8.39. The van der Waals surface area contributed by atoms with Crippen molar-refractivity contribution in [1.82, 2.24) is 0 Å². The lowest BCUT2D eigenvalue weighted by molar-refractivity contribution is 0.0923. The zero-order chi connectivity index (χ0) is 10.8. The van der Waals surface area contributed by atoms with Crippen LogP contribution in [0.4, 0.5) is 5.69 Å². The molecule has 4 N–H and O–H groups in total. The second kappa shape index (κ2) is 4.08. The molecule has 0 spiro atoms. The third-order valence-electron chi connectivity index (χ3n) is 2.80. The lowest BCUT2D eigenvalue weighted by Gasteiger charge is -2.18. The fraction of sp³-hybridized carbons (Fsp3) is 0.455. The minimum absolute atomic E-state index is 0.108. The smallest absolute Gasteiger partial charge is 0.117 e. The van der Waals surface area contributed by atoms with Gasteiger partial charge in [-0.2, -0.15) is 0 Å². The van der Waals surface area contributed by atoms with Gasteiger partial charge in [-0.05, 0) is 12.5 Å². The van der Waals surface area contributed by atoms with Gasteiger partial charge in [-0.3, -0.25) is 0 Å². The first-order valence-corrected chi connectivity index (χ1v) is 5.02. The molecule has 4 heteroatoms. The summed E-state index contributed by atoms with van der Waals surface area (Å²) in [6, 6.07) is 4.65. The van der Waals surface area contributed by atoms with Gasteiger partial charge in [0.05, 0.1) is 12.7 Å². The zero-order valence-electron chi connectivity index (χ0n) is 8.39. The van der Waals surface area contributed by atoms with Crippen LogP contribution in [0.15, 0.2) is 18.2 Å². The Bertz CT molecular complexity index is 348. The minimum atomic E-state index is -0.604. The van der Waals surface area contributed by atoms with Crippen molar-refractivity contribution in [3.8, 4) is 5.75 Å². The van der Waals surface area contributed by atoms with E-state index in [1.165, 1.54) is 12.1 Å². The molecule has 1 saturated heterocycles. The number of hydrogen-bond donors (Lipinski definition) is 3. The Morgan fingerprint density at radius 1 is 1.47 bits per heavy atom. The molecule has 2 unspecified atom stereocenters. The van der Waals surface area contributed by atoms with Crippen LogP contribution in [0.5, 0.6) is 5.75 Å². The maximum absolute atomic E-state index is 10.1. The number of benzene rings is 1. The molecule has 1 aliphatic rings. The van der Waals surface area contributed by atoms with Gasteiger partial charge in [0, 0.05) is 29.8 Å². The van der Waals surface area contributed by atoms with E-state index in [1.807, 2.05) is 0 Å². The Morgan fingerprint density at radius 3 is 2.87 bits per heavy atom. The van der Waals surface area contributed by atoms with Crippen LogP contribution in [0.1, 0.15) is 18.1 Å². The molecular formula is C11H15NO3. The highest BCUT2D eigenvalue weighted by molar-refractivity contribution is 5.52. The number of nitrogen functional groups attached to an aromatic ring is 1. The molecule has 0 amide bonds. The van der Waals surface area contributed by atoms with Crippen molar-refractivity contribution >= 4 is 5.69 Å². The second-order valence-electron chi connectivity index (χ2n) is 3.88. The average Bonchev–Trinajstić information content (AvgIpc) is 2.69. The molecule has 0 radical (unpaired) electrons. The number of aliphatic hydroxyl groups excluding tert-OH is 1. The third kappa shape index (κ3) is 2.06. The summed E-state index contributed by atoms with van der Waals surface area (Å²) in [5.41, 5.74) is 6.82. The van der Waals surface area contributed by atoms with Gasteiger partial charge in [0.15, 0.2) is 0 Å². The quantitative estimate of drug-likeness (QED) is 0.636. The predicted molar refractivity (Wildman–Crippen MR) is 56.4 cm³/mol. The summed E-state index contributed by atoms with van der Waals surface area (Å²) >= 11 is 0. The highest BCUT2D eigenvalue weighted by Crippen LogP contribution is 2.33. The molecule has 1 heterocycles. The molecule has 1 aromatic carbocycles. The molecule has 0 aromatic heterocycles. The van der Waals surface area contributed by atoms with Crippen LogP contribution >= 0.6 is 0 Å². The van der Waals surface area contributed by atoms with Crippen LogP contribution in [0.2, 0.25) is 0 Å². The Hall–Kier alpha value is -1.26. The van der Waals surface area contributed by atoms with Crippen LogP contribution in [-0.4, -0.2) is 23.4 Å². The SMILES string of the molecule is Nc1cc(O)ccc1C(O)C1CCOC1. The summed E-state index contributed by atoms with van der Waals surface area (Å²) < 4.78 is 5.21. The number of hydrogen-bond acceptors (Lipinski definition) is 4. The Kier molecular flexibility index (Phi) is 2.79. The first-order chi connectivity index (χ1) is 7.18. The highest BCUT2D eigenvalue weighted by Gasteiger charge is 2.26. The Balaban J connectivity index is 2.20. The number of anilines is 1. The fourth-order valence-corrected chi connectivity index (χ4v) is 1.89. The second-order valence-corrected chi connectivity index (χ2v) is 3.88. The number of rotatable bonds is 2. The van der Waals surface area contributed by atoms with Gasteiger partial charge in [-0.15, -0.1) is 0 Å². The molecule has 0 saturated carbocycles.